The van der Waals surface area contributed by atoms with Gasteiger partial charge in [0, 0.05) is 4.75 Å². The predicted molar refractivity (Wildman–Crippen MR) is 148 cm³/mol. The fourth-order valence-corrected chi connectivity index (χ4v) is 8.03. The van der Waals surface area contributed by atoms with Gasteiger partial charge >= 0.3 is 5.97 Å². The van der Waals surface area contributed by atoms with Crippen LogP contribution < -0.4 is 0 Å². The molecular weight excluding hydrogens is 510 g/mol. The number of benzene rings is 3. The lowest BCUT2D eigenvalue weighted by atomic mass is 9.64. The van der Waals surface area contributed by atoms with E-state index in [4.69, 9.17) is 4.74 Å². The first-order valence-electron chi connectivity index (χ1n) is 13.0. The maximum absolute atomic E-state index is 14.2. The van der Waals surface area contributed by atoms with Crippen LogP contribution in [0.1, 0.15) is 49.6 Å². The molecule has 5 atom stereocenters. The molecule has 0 aromatic heterocycles. The molecule has 7 nitrogen and oxygen atoms in total. The Morgan fingerprint density at radius 3 is 1.95 bits per heavy atom. The third-order valence-corrected chi connectivity index (χ3v) is 9.65. The Hall–Kier alpha value is -3.78. The molecule has 39 heavy (non-hydrogen) atoms. The van der Waals surface area contributed by atoms with Gasteiger partial charge in [0.2, 0.25) is 5.91 Å². The number of fused-ring (bicyclic) bond motifs is 2. The molecule has 3 aliphatic heterocycles. The number of carbonyl (C=O) groups is 3. The van der Waals surface area contributed by atoms with E-state index in [9.17, 15) is 14.4 Å². The van der Waals surface area contributed by atoms with Gasteiger partial charge in [-0.25, -0.2) is 4.79 Å². The highest BCUT2D eigenvalue weighted by atomic mass is 32.2. The monoisotopic (exact) mass is 539 g/mol. The maximum Gasteiger partial charge on any atom is 0.331 e. The molecular formula is C31H29N3O4S. The minimum Gasteiger partial charge on any atom is -0.451 e. The van der Waals surface area contributed by atoms with Crippen LogP contribution in [-0.4, -0.2) is 44.8 Å². The summed E-state index contributed by atoms with van der Waals surface area (Å²) < 4.78 is 5.56. The Labute approximate surface area is 231 Å². The summed E-state index contributed by atoms with van der Waals surface area (Å²) in [6.07, 6.45) is -0.622. The van der Waals surface area contributed by atoms with Gasteiger partial charge in [0.15, 0.2) is 11.9 Å². The number of nitrogens with zero attached hydrogens (tertiary/aromatic N) is 3. The van der Waals surface area contributed by atoms with Crippen molar-refractivity contribution in [3.8, 4) is 0 Å². The number of amides is 1. The number of rotatable bonds is 6. The average Bonchev–Trinajstić information content (AvgIpc) is 3.49. The molecule has 0 N–H and O–H groups in total. The van der Waals surface area contributed by atoms with Crippen LogP contribution >= 0.6 is 11.8 Å². The largest absolute Gasteiger partial charge is 0.451 e. The molecule has 3 aromatic rings. The van der Waals surface area contributed by atoms with Crippen molar-refractivity contribution in [2.24, 2.45) is 15.6 Å². The minimum atomic E-state index is -1.16. The normalized spacial score (nSPS) is 28.4. The van der Waals surface area contributed by atoms with E-state index in [1.54, 1.807) is 4.90 Å². The summed E-state index contributed by atoms with van der Waals surface area (Å²) in [6.45, 7) is 5.36. The number of hydrogen-bond acceptors (Lipinski definition) is 7. The Kier molecular flexibility index (Phi) is 6.18. The molecule has 1 unspecified atom stereocenters. The quantitative estimate of drug-likeness (QED) is 0.304. The first-order valence-corrected chi connectivity index (χ1v) is 13.9. The van der Waals surface area contributed by atoms with Gasteiger partial charge < -0.3 is 9.64 Å². The molecule has 0 bridgehead atoms. The molecule has 0 radical (unpaired) electrons. The van der Waals surface area contributed by atoms with E-state index < -0.39 is 45.7 Å². The number of thioether (sulfide) groups is 1. The van der Waals surface area contributed by atoms with Gasteiger partial charge in [-0.2, -0.15) is 10.2 Å². The lowest BCUT2D eigenvalue weighted by Crippen LogP contribution is -2.74. The summed E-state index contributed by atoms with van der Waals surface area (Å²) in [6, 6.07) is 26.3. The second-order valence-electron chi connectivity index (χ2n) is 10.8. The van der Waals surface area contributed by atoms with E-state index in [0.717, 1.165) is 16.7 Å². The SMILES string of the molecule is CC(=O)C1N=N[C@@H](c2ccccc2)[C@@]12C(=O)N1[C@@H](C(=O)OC(c3ccccc3)c3ccccc3)C(C)(C)S[C@@H]12. The zero-order chi connectivity index (χ0) is 27.4. The number of β-lactam (4-membered cyclic amide) rings is 1. The number of azo groups is 1. The lowest BCUT2D eigenvalue weighted by Gasteiger charge is -2.54. The van der Waals surface area contributed by atoms with Crippen molar-refractivity contribution >= 4 is 29.4 Å². The van der Waals surface area contributed by atoms with Crippen LogP contribution in [0.5, 0.6) is 0 Å². The molecule has 2 fully saturated rings. The van der Waals surface area contributed by atoms with Crippen LogP contribution in [-0.2, 0) is 19.1 Å². The topological polar surface area (TPSA) is 88.4 Å². The number of hydrogen-bond donors (Lipinski definition) is 0. The lowest BCUT2D eigenvalue weighted by molar-refractivity contribution is -0.181. The summed E-state index contributed by atoms with van der Waals surface area (Å²) in [5, 5.41) is 8.34. The fraction of sp³-hybridized carbons (Fsp3) is 0.323. The van der Waals surface area contributed by atoms with Crippen LogP contribution in [0.15, 0.2) is 101 Å². The van der Waals surface area contributed by atoms with Crippen molar-refractivity contribution in [2.75, 3.05) is 0 Å². The van der Waals surface area contributed by atoms with Gasteiger partial charge in [-0.15, -0.1) is 11.8 Å². The number of Topliss-reactive ketones (excluding diaryl/α,β-unsaturated/α-hetero) is 1. The molecule has 8 heteroatoms. The Balaban J connectivity index is 1.35. The van der Waals surface area contributed by atoms with Gasteiger partial charge in [-0.3, -0.25) is 9.59 Å². The first kappa shape index (κ1) is 25.5. The molecule has 2 saturated heterocycles. The molecule has 1 amide bonds. The second-order valence-corrected chi connectivity index (χ2v) is 12.6. The van der Waals surface area contributed by atoms with E-state index in [-0.39, 0.29) is 11.7 Å². The van der Waals surface area contributed by atoms with E-state index in [1.165, 1.54) is 18.7 Å². The Morgan fingerprint density at radius 1 is 0.872 bits per heavy atom. The summed E-state index contributed by atoms with van der Waals surface area (Å²) >= 11 is 1.52. The van der Waals surface area contributed by atoms with Crippen molar-refractivity contribution in [2.45, 2.75) is 55.1 Å². The highest BCUT2D eigenvalue weighted by Gasteiger charge is 2.79. The second kappa shape index (κ2) is 9.45. The molecule has 1 spiro atoms. The predicted octanol–water partition coefficient (Wildman–Crippen LogP) is 5.53. The third kappa shape index (κ3) is 3.84. The minimum absolute atomic E-state index is 0.206. The molecule has 3 aromatic carbocycles. The number of ether oxygens (including phenoxy) is 1. The van der Waals surface area contributed by atoms with Crippen LogP contribution in [0.3, 0.4) is 0 Å². The van der Waals surface area contributed by atoms with E-state index in [1.807, 2.05) is 105 Å². The standard InChI is InChI=1S/C31H29N3O4S/c1-19(35)24-31(25(33-32-24)22-17-11-6-12-18-22)28(37)34-26(30(2,3)39-29(31)34)27(36)38-23(20-13-7-4-8-14-20)21-15-9-5-10-16-21/h4-18,23-26,29H,1-3H3/t24?,25-,26-,29+,31+/m0/s1. The van der Waals surface area contributed by atoms with Crippen molar-refractivity contribution in [1.82, 2.24) is 4.90 Å². The third-order valence-electron chi connectivity index (χ3n) is 7.98. The summed E-state index contributed by atoms with van der Waals surface area (Å²) in [5.74, 6) is -0.955. The summed E-state index contributed by atoms with van der Waals surface area (Å²) in [5.41, 5.74) is 1.36. The van der Waals surface area contributed by atoms with Gasteiger partial charge in [-0.1, -0.05) is 91.0 Å². The molecule has 3 heterocycles. The van der Waals surface area contributed by atoms with Crippen molar-refractivity contribution in [3.05, 3.63) is 108 Å². The van der Waals surface area contributed by atoms with Gasteiger partial charge in [0.25, 0.3) is 0 Å². The number of carbonyl (C=O) groups excluding carboxylic acids is 3. The Morgan fingerprint density at radius 2 is 1.41 bits per heavy atom. The zero-order valence-corrected chi connectivity index (χ0v) is 22.7. The fourth-order valence-electron chi connectivity index (χ4n) is 6.23. The van der Waals surface area contributed by atoms with Gasteiger partial charge in [0.05, 0.1) is 5.37 Å². The van der Waals surface area contributed by atoms with Crippen LogP contribution in [0.25, 0.3) is 0 Å². The highest BCUT2D eigenvalue weighted by Crippen LogP contribution is 2.67. The van der Waals surface area contributed by atoms with Gasteiger partial charge in [-0.05, 0) is 37.5 Å². The highest BCUT2D eigenvalue weighted by molar-refractivity contribution is 8.01. The first-order chi connectivity index (χ1) is 18.8. The van der Waals surface area contributed by atoms with Crippen LogP contribution in [0, 0.1) is 5.41 Å². The summed E-state index contributed by atoms with van der Waals surface area (Å²) in [7, 11) is 0. The van der Waals surface area contributed by atoms with Crippen LogP contribution in [0.4, 0.5) is 0 Å². The average molecular weight is 540 g/mol. The van der Waals surface area contributed by atoms with Gasteiger partial charge in [0.1, 0.15) is 23.5 Å². The van der Waals surface area contributed by atoms with Crippen molar-refractivity contribution in [3.63, 3.8) is 0 Å². The molecule has 6 rings (SSSR count). The zero-order valence-electron chi connectivity index (χ0n) is 21.9. The maximum atomic E-state index is 14.2. The van der Waals surface area contributed by atoms with E-state index in [2.05, 4.69) is 10.2 Å². The van der Waals surface area contributed by atoms with Crippen molar-refractivity contribution < 1.29 is 19.1 Å². The molecule has 3 aliphatic rings. The number of ketones is 1. The molecule has 0 saturated carbocycles. The Bertz CT molecular complexity index is 1410. The smallest absolute Gasteiger partial charge is 0.331 e. The van der Waals surface area contributed by atoms with E-state index in [0.29, 0.717) is 0 Å². The van der Waals surface area contributed by atoms with Crippen molar-refractivity contribution in [1.29, 1.82) is 0 Å². The molecule has 198 valence electrons. The number of esters is 1. The van der Waals surface area contributed by atoms with E-state index >= 15 is 0 Å². The molecule has 0 aliphatic carbocycles. The summed E-state index contributed by atoms with van der Waals surface area (Å²) in [4.78, 5) is 42.6. The van der Waals surface area contributed by atoms with Crippen LogP contribution in [0.2, 0.25) is 0 Å².